The summed E-state index contributed by atoms with van der Waals surface area (Å²) in [6, 6.07) is 8.15. The number of rotatable bonds is 5. The van der Waals surface area contributed by atoms with Gasteiger partial charge in [-0.1, -0.05) is 10.5 Å². The van der Waals surface area contributed by atoms with Gasteiger partial charge < -0.3 is 5.32 Å². The molecule has 0 fully saturated rings. The van der Waals surface area contributed by atoms with Gasteiger partial charge in [0.25, 0.3) is 15.9 Å². The molecule has 0 saturated heterocycles. The quantitative estimate of drug-likeness (QED) is 0.835. The molecule has 0 unspecified atom stereocenters. The Morgan fingerprint density at radius 2 is 1.62 bits per heavy atom. The van der Waals surface area contributed by atoms with Crippen LogP contribution >= 0.6 is 0 Å². The van der Waals surface area contributed by atoms with Gasteiger partial charge in [0.1, 0.15) is 17.2 Å². The van der Waals surface area contributed by atoms with Gasteiger partial charge >= 0.3 is 0 Å². The Balaban J connectivity index is 2.22. The summed E-state index contributed by atoms with van der Waals surface area (Å²) in [7, 11) is -1.39. The van der Waals surface area contributed by atoms with Gasteiger partial charge in [-0.15, -0.1) is 0 Å². The molecule has 6 nitrogen and oxygen atoms in total. The fourth-order valence-electron chi connectivity index (χ4n) is 1.87. The van der Waals surface area contributed by atoms with Gasteiger partial charge in [-0.25, -0.2) is 17.2 Å². The topological polar surface area (TPSA) is 75.7 Å². The highest BCUT2D eigenvalue weighted by Gasteiger charge is 2.21. The van der Waals surface area contributed by atoms with Crippen LogP contribution in [0.25, 0.3) is 0 Å². The fraction of sp³-hybridized carbons (Fsp3) is 0.133. The third-order valence-electron chi connectivity index (χ3n) is 3.20. The molecule has 0 atom stereocenters. The fourth-order valence-corrected chi connectivity index (χ4v) is 2.84. The standard InChI is InChI=1S/C15H14F2N2O4S/c1-19(23-2)24(21,22)11-8-6-10(7-9-11)18-15(20)14-12(16)4-3-5-13(14)17/h3-9H,1-2H3,(H,18,20). The van der Waals surface area contributed by atoms with Crippen LogP contribution in [0.5, 0.6) is 0 Å². The van der Waals surface area contributed by atoms with Crippen molar-refractivity contribution in [1.82, 2.24) is 4.47 Å². The molecule has 0 aliphatic heterocycles. The summed E-state index contributed by atoms with van der Waals surface area (Å²) in [5.74, 6) is -2.96. The molecule has 128 valence electrons. The first-order chi connectivity index (χ1) is 11.3. The molecule has 1 amide bonds. The molecule has 0 aromatic heterocycles. The lowest BCUT2D eigenvalue weighted by Crippen LogP contribution is -2.25. The minimum Gasteiger partial charge on any atom is -0.322 e. The maximum absolute atomic E-state index is 13.6. The van der Waals surface area contributed by atoms with Crippen LogP contribution in [0.3, 0.4) is 0 Å². The minimum absolute atomic E-state index is 0.0677. The van der Waals surface area contributed by atoms with Crippen LogP contribution < -0.4 is 5.32 Å². The lowest BCUT2D eigenvalue weighted by Gasteiger charge is -2.14. The number of halogens is 2. The van der Waals surface area contributed by atoms with Gasteiger partial charge in [0.15, 0.2) is 0 Å². The number of nitrogens with zero attached hydrogens (tertiary/aromatic N) is 1. The van der Waals surface area contributed by atoms with E-state index in [4.69, 9.17) is 0 Å². The van der Waals surface area contributed by atoms with Crippen molar-refractivity contribution in [2.45, 2.75) is 4.90 Å². The van der Waals surface area contributed by atoms with Crippen molar-refractivity contribution in [3.63, 3.8) is 0 Å². The first-order valence-electron chi connectivity index (χ1n) is 6.66. The van der Waals surface area contributed by atoms with Gasteiger partial charge in [0.2, 0.25) is 0 Å². The number of carbonyl (C=O) groups is 1. The second-order valence-electron chi connectivity index (χ2n) is 4.67. The lowest BCUT2D eigenvalue weighted by molar-refractivity contribution is -0.0258. The van der Waals surface area contributed by atoms with Crippen LogP contribution in [0.15, 0.2) is 47.4 Å². The summed E-state index contributed by atoms with van der Waals surface area (Å²) >= 11 is 0. The summed E-state index contributed by atoms with van der Waals surface area (Å²) in [6.07, 6.45) is 0. The molecule has 0 heterocycles. The second-order valence-corrected chi connectivity index (χ2v) is 6.61. The molecular formula is C15H14F2N2O4S. The third-order valence-corrected chi connectivity index (χ3v) is 4.89. The van der Waals surface area contributed by atoms with E-state index < -0.39 is 33.1 Å². The van der Waals surface area contributed by atoms with Crippen molar-refractivity contribution in [1.29, 1.82) is 0 Å². The zero-order valence-corrected chi connectivity index (χ0v) is 13.6. The molecular weight excluding hydrogens is 342 g/mol. The smallest absolute Gasteiger partial charge is 0.264 e. The van der Waals surface area contributed by atoms with E-state index in [0.717, 1.165) is 18.2 Å². The molecule has 0 bridgehead atoms. The Morgan fingerprint density at radius 3 is 2.12 bits per heavy atom. The molecule has 2 aromatic rings. The number of nitrogens with one attached hydrogen (secondary N) is 1. The highest BCUT2D eigenvalue weighted by atomic mass is 32.2. The van der Waals surface area contributed by atoms with E-state index >= 15 is 0 Å². The van der Waals surface area contributed by atoms with Gasteiger partial charge in [-0.3, -0.25) is 9.63 Å². The van der Waals surface area contributed by atoms with Crippen molar-refractivity contribution in [3.8, 4) is 0 Å². The van der Waals surface area contributed by atoms with E-state index in [2.05, 4.69) is 10.2 Å². The Labute approximate surface area is 137 Å². The maximum atomic E-state index is 13.6. The number of hydrogen-bond donors (Lipinski definition) is 1. The molecule has 24 heavy (non-hydrogen) atoms. The van der Waals surface area contributed by atoms with Gasteiger partial charge in [-0.2, -0.15) is 0 Å². The summed E-state index contributed by atoms with van der Waals surface area (Å²) in [5, 5.41) is 2.30. The van der Waals surface area contributed by atoms with E-state index in [-0.39, 0.29) is 10.6 Å². The Kier molecular flexibility index (Phi) is 5.27. The van der Waals surface area contributed by atoms with Crippen molar-refractivity contribution in [2.24, 2.45) is 0 Å². The van der Waals surface area contributed by atoms with Crippen molar-refractivity contribution < 1.29 is 26.8 Å². The van der Waals surface area contributed by atoms with Crippen LogP contribution in [0, 0.1) is 11.6 Å². The normalized spacial score (nSPS) is 11.5. The predicted molar refractivity (Wildman–Crippen MR) is 82.7 cm³/mol. The maximum Gasteiger partial charge on any atom is 0.264 e. The summed E-state index contributed by atoms with van der Waals surface area (Å²) in [6.45, 7) is 0. The van der Waals surface area contributed by atoms with Crippen LogP contribution in [-0.4, -0.2) is 33.0 Å². The predicted octanol–water partition coefficient (Wildman–Crippen LogP) is 2.40. The first kappa shape index (κ1) is 18.0. The molecule has 0 aliphatic carbocycles. The van der Waals surface area contributed by atoms with Crippen LogP contribution in [0.4, 0.5) is 14.5 Å². The Bertz CT molecular complexity index is 834. The number of carbonyl (C=O) groups excluding carboxylic acids is 1. The van der Waals surface area contributed by atoms with E-state index in [1.54, 1.807) is 0 Å². The zero-order chi connectivity index (χ0) is 17.9. The highest BCUT2D eigenvalue weighted by Crippen LogP contribution is 2.19. The van der Waals surface area contributed by atoms with E-state index in [0.29, 0.717) is 4.47 Å². The molecule has 0 spiro atoms. The first-order valence-corrected chi connectivity index (χ1v) is 8.10. The number of anilines is 1. The van der Waals surface area contributed by atoms with Gasteiger partial charge in [0, 0.05) is 12.7 Å². The minimum atomic E-state index is -3.82. The molecule has 0 saturated carbocycles. The summed E-state index contributed by atoms with van der Waals surface area (Å²) in [4.78, 5) is 16.5. The number of hydrogen-bond acceptors (Lipinski definition) is 4. The van der Waals surface area contributed by atoms with Crippen molar-refractivity contribution in [3.05, 3.63) is 59.7 Å². The third kappa shape index (κ3) is 3.58. The van der Waals surface area contributed by atoms with E-state index in [1.807, 2.05) is 0 Å². The zero-order valence-electron chi connectivity index (χ0n) is 12.8. The molecule has 2 rings (SSSR count). The Morgan fingerprint density at radius 1 is 1.08 bits per heavy atom. The molecule has 2 aromatic carbocycles. The average molecular weight is 356 g/mol. The Hall–Kier alpha value is -2.36. The average Bonchev–Trinajstić information content (AvgIpc) is 2.54. The highest BCUT2D eigenvalue weighted by molar-refractivity contribution is 7.89. The second kappa shape index (κ2) is 7.04. The molecule has 0 aliphatic rings. The monoisotopic (exact) mass is 356 g/mol. The summed E-state index contributed by atoms with van der Waals surface area (Å²) in [5.41, 5.74) is -0.532. The van der Waals surface area contributed by atoms with Crippen molar-refractivity contribution in [2.75, 3.05) is 19.5 Å². The number of hydroxylamine groups is 1. The van der Waals surface area contributed by atoms with E-state index in [9.17, 15) is 22.0 Å². The van der Waals surface area contributed by atoms with Gasteiger partial charge in [-0.05, 0) is 36.4 Å². The van der Waals surface area contributed by atoms with Gasteiger partial charge in [0.05, 0.1) is 12.0 Å². The summed E-state index contributed by atoms with van der Waals surface area (Å²) < 4.78 is 51.8. The number of sulfonamides is 1. The van der Waals surface area contributed by atoms with Crippen molar-refractivity contribution >= 4 is 21.6 Å². The van der Waals surface area contributed by atoms with Crippen LogP contribution in [0.1, 0.15) is 10.4 Å². The molecule has 9 heteroatoms. The van der Waals surface area contributed by atoms with Crippen LogP contribution in [0.2, 0.25) is 0 Å². The lowest BCUT2D eigenvalue weighted by atomic mass is 10.2. The largest absolute Gasteiger partial charge is 0.322 e. The number of amides is 1. The number of benzene rings is 2. The molecule has 1 N–H and O–H groups in total. The SMILES string of the molecule is CON(C)S(=O)(=O)c1ccc(NC(=O)c2c(F)cccc2F)cc1. The molecule has 0 radical (unpaired) electrons. The van der Waals surface area contributed by atoms with E-state index in [1.165, 1.54) is 38.4 Å². The van der Waals surface area contributed by atoms with Crippen LogP contribution in [-0.2, 0) is 14.9 Å².